The predicted molar refractivity (Wildman–Crippen MR) is 34.8 cm³/mol. The SMILES string of the molecule is NCC1=CC=CN(O)C1. The van der Waals surface area contributed by atoms with E-state index in [1.54, 1.807) is 12.3 Å². The maximum Gasteiger partial charge on any atom is 0.0672 e. The molecule has 9 heavy (non-hydrogen) atoms. The van der Waals surface area contributed by atoms with Crippen LogP contribution in [-0.2, 0) is 0 Å². The molecular weight excluding hydrogens is 116 g/mol. The minimum Gasteiger partial charge on any atom is -0.327 e. The highest BCUT2D eigenvalue weighted by Gasteiger charge is 2.00. The van der Waals surface area contributed by atoms with Crippen LogP contribution in [-0.4, -0.2) is 23.4 Å². The average Bonchev–Trinajstić information content (AvgIpc) is 1.88. The molecule has 1 heterocycles. The van der Waals surface area contributed by atoms with Gasteiger partial charge in [0.1, 0.15) is 0 Å². The first-order chi connectivity index (χ1) is 4.33. The molecule has 0 radical (unpaired) electrons. The molecule has 3 nitrogen and oxygen atoms in total. The second-order valence-corrected chi connectivity index (χ2v) is 1.97. The molecule has 0 bridgehead atoms. The normalized spacial score (nSPS) is 18.0. The second kappa shape index (κ2) is 2.66. The van der Waals surface area contributed by atoms with E-state index >= 15 is 0 Å². The summed E-state index contributed by atoms with van der Waals surface area (Å²) in [4.78, 5) is 0. The van der Waals surface area contributed by atoms with Crippen molar-refractivity contribution in [2.24, 2.45) is 5.73 Å². The predicted octanol–water partition coefficient (Wildman–Crippen LogP) is 0.0900. The van der Waals surface area contributed by atoms with E-state index in [4.69, 9.17) is 10.9 Å². The quantitative estimate of drug-likeness (QED) is 0.523. The van der Waals surface area contributed by atoms with Crippen molar-refractivity contribution >= 4 is 0 Å². The first kappa shape index (κ1) is 6.32. The van der Waals surface area contributed by atoms with Crippen molar-refractivity contribution in [3.05, 3.63) is 23.9 Å². The Kier molecular flexibility index (Phi) is 1.87. The van der Waals surface area contributed by atoms with Crippen molar-refractivity contribution < 1.29 is 5.21 Å². The molecule has 0 amide bonds. The van der Waals surface area contributed by atoms with Gasteiger partial charge >= 0.3 is 0 Å². The highest BCUT2D eigenvalue weighted by molar-refractivity contribution is 5.18. The average molecular weight is 126 g/mol. The second-order valence-electron chi connectivity index (χ2n) is 1.97. The van der Waals surface area contributed by atoms with Gasteiger partial charge in [-0.25, -0.2) is 0 Å². The number of hydroxylamine groups is 2. The Morgan fingerprint density at radius 3 is 3.00 bits per heavy atom. The van der Waals surface area contributed by atoms with E-state index in [0.29, 0.717) is 13.1 Å². The number of hydrogen-bond acceptors (Lipinski definition) is 3. The summed E-state index contributed by atoms with van der Waals surface area (Å²) in [6, 6.07) is 0. The molecule has 0 unspecified atom stereocenters. The zero-order valence-electron chi connectivity index (χ0n) is 5.12. The molecule has 1 aliphatic heterocycles. The Morgan fingerprint density at radius 1 is 1.78 bits per heavy atom. The summed E-state index contributed by atoms with van der Waals surface area (Å²) in [6.45, 7) is 1.05. The molecule has 0 saturated carbocycles. The summed E-state index contributed by atoms with van der Waals surface area (Å²) in [6.07, 6.45) is 5.28. The maximum atomic E-state index is 8.86. The number of nitrogens with two attached hydrogens (primary N) is 1. The lowest BCUT2D eigenvalue weighted by molar-refractivity contribution is -0.0330. The summed E-state index contributed by atoms with van der Waals surface area (Å²) in [5.41, 5.74) is 6.37. The minimum atomic E-state index is 0.515. The summed E-state index contributed by atoms with van der Waals surface area (Å²) in [5, 5.41) is 9.97. The molecule has 0 saturated heterocycles. The van der Waals surface area contributed by atoms with E-state index in [9.17, 15) is 0 Å². The minimum absolute atomic E-state index is 0.515. The van der Waals surface area contributed by atoms with Gasteiger partial charge in [0, 0.05) is 12.7 Å². The lowest BCUT2D eigenvalue weighted by Crippen LogP contribution is -2.21. The number of nitrogens with zero attached hydrogens (tertiary/aromatic N) is 1. The molecular formula is C6H10N2O. The highest BCUT2D eigenvalue weighted by Crippen LogP contribution is 2.01. The molecule has 0 aliphatic carbocycles. The maximum absolute atomic E-state index is 8.86. The molecule has 50 valence electrons. The summed E-state index contributed by atoms with van der Waals surface area (Å²) in [5.74, 6) is 0. The van der Waals surface area contributed by atoms with Crippen LogP contribution in [0.25, 0.3) is 0 Å². The smallest absolute Gasteiger partial charge is 0.0672 e. The van der Waals surface area contributed by atoms with Crippen molar-refractivity contribution in [2.45, 2.75) is 0 Å². The fourth-order valence-corrected chi connectivity index (χ4v) is 0.725. The molecule has 0 aromatic carbocycles. The Labute approximate surface area is 54.0 Å². The van der Waals surface area contributed by atoms with Gasteiger partial charge in [0.15, 0.2) is 0 Å². The van der Waals surface area contributed by atoms with Crippen LogP contribution in [0.3, 0.4) is 0 Å². The standard InChI is InChI=1S/C6H10N2O/c7-4-6-2-1-3-8(9)5-6/h1-3,9H,4-5,7H2. The van der Waals surface area contributed by atoms with Crippen molar-refractivity contribution in [3.8, 4) is 0 Å². The zero-order chi connectivity index (χ0) is 6.69. The molecule has 0 spiro atoms. The summed E-state index contributed by atoms with van der Waals surface area (Å²) < 4.78 is 0. The van der Waals surface area contributed by atoms with Gasteiger partial charge in [0.25, 0.3) is 0 Å². The lowest BCUT2D eigenvalue weighted by Gasteiger charge is -2.15. The van der Waals surface area contributed by atoms with E-state index in [-0.39, 0.29) is 0 Å². The molecule has 0 atom stereocenters. The molecule has 3 heteroatoms. The summed E-state index contributed by atoms with van der Waals surface area (Å²) in [7, 11) is 0. The fraction of sp³-hybridized carbons (Fsp3) is 0.333. The molecule has 1 aliphatic rings. The van der Waals surface area contributed by atoms with Gasteiger partial charge in [0.05, 0.1) is 6.54 Å². The third-order valence-corrected chi connectivity index (χ3v) is 1.22. The molecule has 0 fully saturated rings. The highest BCUT2D eigenvalue weighted by atomic mass is 16.5. The van der Waals surface area contributed by atoms with Gasteiger partial charge in [-0.15, -0.1) is 0 Å². The van der Waals surface area contributed by atoms with Crippen molar-refractivity contribution in [3.63, 3.8) is 0 Å². The van der Waals surface area contributed by atoms with Crippen molar-refractivity contribution in [2.75, 3.05) is 13.1 Å². The van der Waals surface area contributed by atoms with Gasteiger partial charge in [-0.05, 0) is 11.6 Å². The Morgan fingerprint density at radius 2 is 2.56 bits per heavy atom. The number of allylic oxidation sites excluding steroid dienone is 2. The fourth-order valence-electron chi connectivity index (χ4n) is 0.725. The lowest BCUT2D eigenvalue weighted by atomic mass is 10.2. The molecule has 1 rings (SSSR count). The summed E-state index contributed by atoms with van der Waals surface area (Å²) >= 11 is 0. The van der Waals surface area contributed by atoms with Gasteiger partial charge in [-0.3, -0.25) is 10.3 Å². The van der Waals surface area contributed by atoms with Gasteiger partial charge in [-0.2, -0.15) is 0 Å². The van der Waals surface area contributed by atoms with Crippen LogP contribution in [0.15, 0.2) is 23.9 Å². The van der Waals surface area contributed by atoms with Crippen LogP contribution in [0.4, 0.5) is 0 Å². The monoisotopic (exact) mass is 126 g/mol. The first-order valence-corrected chi connectivity index (χ1v) is 2.85. The molecule has 0 aromatic rings. The van der Waals surface area contributed by atoms with Crippen LogP contribution in [0.5, 0.6) is 0 Å². The van der Waals surface area contributed by atoms with Crippen LogP contribution in [0.2, 0.25) is 0 Å². The van der Waals surface area contributed by atoms with E-state index in [0.717, 1.165) is 10.6 Å². The Balaban J connectivity index is 2.55. The topological polar surface area (TPSA) is 49.5 Å². The molecule has 3 N–H and O–H groups in total. The van der Waals surface area contributed by atoms with Crippen LogP contribution >= 0.6 is 0 Å². The third kappa shape index (κ3) is 1.55. The van der Waals surface area contributed by atoms with E-state index in [1.165, 1.54) is 0 Å². The van der Waals surface area contributed by atoms with Crippen molar-refractivity contribution in [1.29, 1.82) is 0 Å². The van der Waals surface area contributed by atoms with Gasteiger partial charge < -0.3 is 5.73 Å². The van der Waals surface area contributed by atoms with Gasteiger partial charge in [-0.1, -0.05) is 6.08 Å². The largest absolute Gasteiger partial charge is 0.327 e. The number of rotatable bonds is 1. The van der Waals surface area contributed by atoms with E-state index in [1.807, 2.05) is 6.08 Å². The third-order valence-electron chi connectivity index (χ3n) is 1.22. The van der Waals surface area contributed by atoms with Crippen LogP contribution < -0.4 is 5.73 Å². The van der Waals surface area contributed by atoms with Crippen molar-refractivity contribution in [1.82, 2.24) is 5.06 Å². The van der Waals surface area contributed by atoms with E-state index < -0.39 is 0 Å². The zero-order valence-corrected chi connectivity index (χ0v) is 5.12. The van der Waals surface area contributed by atoms with E-state index in [2.05, 4.69) is 0 Å². The Hall–Kier alpha value is -0.800. The van der Waals surface area contributed by atoms with Crippen LogP contribution in [0.1, 0.15) is 0 Å². The number of hydrogen-bond donors (Lipinski definition) is 2. The van der Waals surface area contributed by atoms with Gasteiger partial charge in [0.2, 0.25) is 0 Å². The Bertz CT molecular complexity index is 151. The molecule has 0 aromatic heterocycles. The first-order valence-electron chi connectivity index (χ1n) is 2.85. The van der Waals surface area contributed by atoms with Crippen LogP contribution in [0, 0.1) is 0 Å².